The van der Waals surface area contributed by atoms with Gasteiger partial charge in [-0.05, 0) is 18.6 Å². The Morgan fingerprint density at radius 3 is 2.89 bits per heavy atom. The first-order valence-electron chi connectivity index (χ1n) is 6.06. The third-order valence-corrected chi connectivity index (χ3v) is 4.86. The summed E-state index contributed by atoms with van der Waals surface area (Å²) in [7, 11) is -0.859. The van der Waals surface area contributed by atoms with Crippen molar-refractivity contribution in [3.63, 3.8) is 0 Å². The van der Waals surface area contributed by atoms with E-state index in [1.54, 1.807) is 12.3 Å². The Balaban J connectivity index is 2.35. The lowest BCUT2D eigenvalue weighted by molar-refractivity contribution is 0.617. The molecule has 3 nitrogen and oxygen atoms in total. The van der Waals surface area contributed by atoms with Crippen LogP contribution in [0.15, 0.2) is 18.2 Å². The van der Waals surface area contributed by atoms with E-state index in [0.29, 0.717) is 17.9 Å². The van der Waals surface area contributed by atoms with E-state index in [9.17, 15) is 8.60 Å². The molecule has 1 aromatic heterocycles. The van der Waals surface area contributed by atoms with Gasteiger partial charge in [0, 0.05) is 28.9 Å². The molecule has 0 N–H and O–H groups in total. The minimum atomic E-state index is -0.859. The highest BCUT2D eigenvalue weighted by atomic mass is 35.5. The van der Waals surface area contributed by atoms with E-state index in [2.05, 4.69) is 4.98 Å². The second-order valence-corrected chi connectivity index (χ2v) is 6.59. The Morgan fingerprint density at radius 1 is 1.53 bits per heavy atom. The Morgan fingerprint density at radius 2 is 2.26 bits per heavy atom. The first-order chi connectivity index (χ1) is 9.04. The van der Waals surface area contributed by atoms with E-state index < -0.39 is 10.8 Å². The standard InChI is InChI=1S/C13H16ClFN2OS/c1-9(19(2)18)6-7-17-11-5-3-4-10(15)13(11)16-12(17)8-14/h3-5,9H,6-8H2,1-2H3. The first-order valence-corrected chi connectivity index (χ1v) is 8.22. The highest BCUT2D eigenvalue weighted by Gasteiger charge is 2.14. The third kappa shape index (κ3) is 2.98. The van der Waals surface area contributed by atoms with Crippen molar-refractivity contribution in [3.05, 3.63) is 29.8 Å². The number of fused-ring (bicyclic) bond motifs is 1. The molecule has 2 aromatic rings. The maximum absolute atomic E-state index is 13.7. The van der Waals surface area contributed by atoms with Crippen LogP contribution in [0.5, 0.6) is 0 Å². The number of hydrogen-bond acceptors (Lipinski definition) is 2. The lowest BCUT2D eigenvalue weighted by atomic mass is 10.3. The molecule has 0 saturated carbocycles. The van der Waals surface area contributed by atoms with Gasteiger partial charge in [0.1, 0.15) is 11.3 Å². The van der Waals surface area contributed by atoms with E-state index in [4.69, 9.17) is 11.6 Å². The van der Waals surface area contributed by atoms with Crippen LogP contribution in [0.1, 0.15) is 19.2 Å². The number of nitrogens with zero attached hydrogens (tertiary/aromatic N) is 2. The summed E-state index contributed by atoms with van der Waals surface area (Å²) in [5.41, 5.74) is 1.09. The normalized spacial score (nSPS) is 14.7. The number of para-hydroxylation sites is 1. The fourth-order valence-electron chi connectivity index (χ4n) is 1.99. The SMILES string of the molecule is CC(CCn1c(CCl)nc2c(F)cccc21)S(C)=O. The molecular weight excluding hydrogens is 287 g/mol. The highest BCUT2D eigenvalue weighted by Crippen LogP contribution is 2.21. The summed E-state index contributed by atoms with van der Waals surface area (Å²) in [6.45, 7) is 2.58. The van der Waals surface area contributed by atoms with E-state index in [-0.39, 0.29) is 16.9 Å². The molecule has 0 aliphatic rings. The minimum Gasteiger partial charge on any atom is -0.327 e. The molecule has 104 valence electrons. The Kier molecular flexibility index (Phi) is 4.58. The van der Waals surface area contributed by atoms with Crippen LogP contribution in [0.4, 0.5) is 4.39 Å². The molecule has 2 rings (SSSR count). The van der Waals surface area contributed by atoms with Crippen LogP contribution in [-0.4, -0.2) is 25.3 Å². The van der Waals surface area contributed by atoms with Gasteiger partial charge in [-0.3, -0.25) is 4.21 Å². The second-order valence-electron chi connectivity index (χ2n) is 4.52. The first kappa shape index (κ1) is 14.5. The molecular formula is C13H16ClFN2OS. The molecule has 0 aliphatic carbocycles. The predicted molar refractivity (Wildman–Crippen MR) is 77.4 cm³/mol. The molecule has 0 spiro atoms. The van der Waals surface area contributed by atoms with Crippen molar-refractivity contribution in [1.29, 1.82) is 0 Å². The van der Waals surface area contributed by atoms with Crippen LogP contribution in [0.3, 0.4) is 0 Å². The topological polar surface area (TPSA) is 34.9 Å². The molecule has 0 amide bonds. The number of hydrogen-bond donors (Lipinski definition) is 0. The average Bonchev–Trinajstić information content (AvgIpc) is 2.75. The molecule has 2 atom stereocenters. The Labute approximate surface area is 119 Å². The van der Waals surface area contributed by atoms with Crippen LogP contribution in [0.25, 0.3) is 11.0 Å². The fourth-order valence-corrected chi connectivity index (χ4v) is 2.63. The maximum atomic E-state index is 13.7. The molecule has 1 heterocycles. The van der Waals surface area contributed by atoms with Gasteiger partial charge in [0.05, 0.1) is 11.4 Å². The van der Waals surface area contributed by atoms with Gasteiger partial charge in [-0.25, -0.2) is 9.37 Å². The largest absolute Gasteiger partial charge is 0.327 e. The van der Waals surface area contributed by atoms with Gasteiger partial charge in [-0.15, -0.1) is 11.6 Å². The summed E-state index contributed by atoms with van der Waals surface area (Å²) in [5.74, 6) is 0.545. The third-order valence-electron chi connectivity index (χ3n) is 3.25. The van der Waals surface area contributed by atoms with Crippen LogP contribution in [-0.2, 0) is 23.2 Å². The van der Waals surface area contributed by atoms with Gasteiger partial charge >= 0.3 is 0 Å². The molecule has 0 aliphatic heterocycles. The van der Waals surface area contributed by atoms with Crippen LogP contribution >= 0.6 is 11.6 Å². The van der Waals surface area contributed by atoms with E-state index in [0.717, 1.165) is 11.9 Å². The highest BCUT2D eigenvalue weighted by molar-refractivity contribution is 7.84. The lowest BCUT2D eigenvalue weighted by Crippen LogP contribution is -2.13. The minimum absolute atomic E-state index is 0.0918. The number of aryl methyl sites for hydroxylation is 1. The number of benzene rings is 1. The van der Waals surface area contributed by atoms with Crippen molar-refractivity contribution < 1.29 is 8.60 Å². The van der Waals surface area contributed by atoms with Crippen molar-refractivity contribution >= 4 is 33.4 Å². The zero-order chi connectivity index (χ0) is 14.0. The van der Waals surface area contributed by atoms with Crippen LogP contribution in [0, 0.1) is 5.82 Å². The summed E-state index contributed by atoms with van der Waals surface area (Å²) < 4.78 is 27.0. The number of halogens is 2. The maximum Gasteiger partial charge on any atom is 0.151 e. The van der Waals surface area contributed by atoms with Crippen molar-refractivity contribution in [2.45, 2.75) is 31.0 Å². The monoisotopic (exact) mass is 302 g/mol. The van der Waals surface area contributed by atoms with Crippen LogP contribution in [0.2, 0.25) is 0 Å². The van der Waals surface area contributed by atoms with Crippen LogP contribution < -0.4 is 0 Å². The van der Waals surface area contributed by atoms with Gasteiger partial charge in [0.15, 0.2) is 5.82 Å². The van der Waals surface area contributed by atoms with Gasteiger partial charge in [-0.1, -0.05) is 13.0 Å². The molecule has 0 saturated heterocycles. The summed E-state index contributed by atoms with van der Waals surface area (Å²) in [5, 5.41) is 0.0918. The molecule has 2 unspecified atom stereocenters. The van der Waals surface area contributed by atoms with Crippen molar-refractivity contribution in [2.24, 2.45) is 0 Å². The zero-order valence-corrected chi connectivity index (χ0v) is 12.5. The van der Waals surface area contributed by atoms with Crippen molar-refractivity contribution in [1.82, 2.24) is 9.55 Å². The van der Waals surface area contributed by atoms with Gasteiger partial charge in [0.2, 0.25) is 0 Å². The van der Waals surface area contributed by atoms with Crippen molar-refractivity contribution in [3.8, 4) is 0 Å². The Hall–Kier alpha value is -0.940. The lowest BCUT2D eigenvalue weighted by Gasteiger charge is -2.11. The second kappa shape index (κ2) is 6.01. The van der Waals surface area contributed by atoms with E-state index in [1.807, 2.05) is 17.6 Å². The fraction of sp³-hybridized carbons (Fsp3) is 0.462. The molecule has 0 fully saturated rings. The number of alkyl halides is 1. The molecule has 6 heteroatoms. The summed E-state index contributed by atoms with van der Waals surface area (Å²) in [4.78, 5) is 4.23. The van der Waals surface area contributed by atoms with Crippen molar-refractivity contribution in [2.75, 3.05) is 6.26 Å². The molecule has 0 radical (unpaired) electrons. The number of rotatable bonds is 5. The number of imidazole rings is 1. The van der Waals surface area contributed by atoms with E-state index in [1.165, 1.54) is 6.07 Å². The molecule has 0 bridgehead atoms. The molecule has 1 aromatic carbocycles. The predicted octanol–water partition coefficient (Wildman–Crippen LogP) is 3.07. The van der Waals surface area contributed by atoms with Gasteiger partial charge in [-0.2, -0.15) is 0 Å². The summed E-state index contributed by atoms with van der Waals surface area (Å²) >= 11 is 5.87. The number of aromatic nitrogens is 2. The smallest absolute Gasteiger partial charge is 0.151 e. The quantitative estimate of drug-likeness (QED) is 0.796. The van der Waals surface area contributed by atoms with Gasteiger partial charge < -0.3 is 4.57 Å². The summed E-state index contributed by atoms with van der Waals surface area (Å²) in [6, 6.07) is 4.88. The van der Waals surface area contributed by atoms with E-state index >= 15 is 0 Å². The summed E-state index contributed by atoms with van der Waals surface area (Å²) in [6.07, 6.45) is 2.44. The molecule has 19 heavy (non-hydrogen) atoms. The zero-order valence-electron chi connectivity index (χ0n) is 10.9. The average molecular weight is 303 g/mol. The Bertz CT molecular complexity index is 614. The van der Waals surface area contributed by atoms with Gasteiger partial charge in [0.25, 0.3) is 0 Å².